The van der Waals surface area contributed by atoms with E-state index in [1.165, 1.54) is 6.07 Å². The fourth-order valence-electron chi connectivity index (χ4n) is 2.66. The average Bonchev–Trinajstić information content (AvgIpc) is 2.85. The molecule has 1 unspecified atom stereocenters. The lowest BCUT2D eigenvalue weighted by Gasteiger charge is -2.16. The maximum absolute atomic E-state index is 13.6. The second kappa shape index (κ2) is 5.50. The van der Waals surface area contributed by atoms with E-state index >= 15 is 0 Å². The summed E-state index contributed by atoms with van der Waals surface area (Å²) < 4.78 is 29.0. The molecule has 0 aliphatic carbocycles. The molecule has 3 rings (SSSR count). The van der Waals surface area contributed by atoms with Gasteiger partial charge in [-0.15, -0.1) is 0 Å². The van der Waals surface area contributed by atoms with Crippen LogP contribution in [0.5, 0.6) is 0 Å². The van der Waals surface area contributed by atoms with Gasteiger partial charge in [0.05, 0.1) is 11.0 Å². The molecule has 0 fully saturated rings. The minimum Gasteiger partial charge on any atom is -0.328 e. The van der Waals surface area contributed by atoms with Crippen LogP contribution < -0.4 is 5.73 Å². The van der Waals surface area contributed by atoms with Gasteiger partial charge in [0.1, 0.15) is 5.82 Å². The molecule has 1 heterocycles. The molecule has 2 aromatic carbocycles. The molecule has 3 aromatic rings. The van der Waals surface area contributed by atoms with Crippen LogP contribution in [0.4, 0.5) is 8.78 Å². The zero-order valence-electron chi connectivity index (χ0n) is 12.5. The number of halogens is 2. The minimum atomic E-state index is -0.895. The molecule has 0 aliphatic heterocycles. The van der Waals surface area contributed by atoms with E-state index < -0.39 is 11.6 Å². The Labute approximate surface area is 127 Å². The van der Waals surface area contributed by atoms with Gasteiger partial charge in [-0.25, -0.2) is 13.8 Å². The van der Waals surface area contributed by atoms with Crippen LogP contribution in [0.25, 0.3) is 22.4 Å². The molecule has 2 N–H and O–H groups in total. The number of hydrogen-bond acceptors (Lipinski definition) is 2. The Hall–Kier alpha value is -2.27. The van der Waals surface area contributed by atoms with Gasteiger partial charge in [-0.2, -0.15) is 0 Å². The van der Waals surface area contributed by atoms with E-state index in [9.17, 15) is 8.78 Å². The van der Waals surface area contributed by atoms with Crippen molar-refractivity contribution in [2.24, 2.45) is 5.73 Å². The second-order valence-corrected chi connectivity index (χ2v) is 5.46. The maximum atomic E-state index is 13.6. The summed E-state index contributed by atoms with van der Waals surface area (Å²) in [6.45, 7) is 4.29. The van der Waals surface area contributed by atoms with Gasteiger partial charge >= 0.3 is 0 Å². The molecule has 22 heavy (non-hydrogen) atoms. The summed E-state index contributed by atoms with van der Waals surface area (Å²) in [5.74, 6) is -1.10. The highest BCUT2D eigenvalue weighted by Gasteiger charge is 2.19. The molecular formula is C17H17F2N3. The van der Waals surface area contributed by atoms with Crippen LogP contribution in [0.3, 0.4) is 0 Å². The SMILES string of the molecule is Cc1ccccc1-c1nc2cc(F)c(F)cc2n1C(C)CN. The summed E-state index contributed by atoms with van der Waals surface area (Å²) in [6.07, 6.45) is 0. The van der Waals surface area contributed by atoms with Gasteiger partial charge in [-0.05, 0) is 19.4 Å². The maximum Gasteiger partial charge on any atom is 0.161 e. The number of rotatable bonds is 3. The fraction of sp³-hybridized carbons (Fsp3) is 0.235. The zero-order valence-corrected chi connectivity index (χ0v) is 12.5. The summed E-state index contributed by atoms with van der Waals surface area (Å²) in [5.41, 5.74) is 8.75. The summed E-state index contributed by atoms with van der Waals surface area (Å²) in [6, 6.07) is 10.0. The molecule has 1 atom stereocenters. The summed E-state index contributed by atoms with van der Waals surface area (Å²) in [7, 11) is 0. The van der Waals surface area contributed by atoms with E-state index in [2.05, 4.69) is 4.98 Å². The monoisotopic (exact) mass is 301 g/mol. The number of aryl methyl sites for hydroxylation is 1. The van der Waals surface area contributed by atoms with Gasteiger partial charge in [-0.3, -0.25) is 0 Å². The van der Waals surface area contributed by atoms with E-state index in [0.717, 1.165) is 17.2 Å². The first kappa shape index (κ1) is 14.7. The second-order valence-electron chi connectivity index (χ2n) is 5.46. The van der Waals surface area contributed by atoms with Crippen LogP contribution >= 0.6 is 0 Å². The number of imidazole rings is 1. The van der Waals surface area contributed by atoms with Crippen molar-refractivity contribution in [3.63, 3.8) is 0 Å². The molecule has 0 amide bonds. The van der Waals surface area contributed by atoms with Crippen molar-refractivity contribution in [2.45, 2.75) is 19.9 Å². The van der Waals surface area contributed by atoms with E-state index in [-0.39, 0.29) is 6.04 Å². The smallest absolute Gasteiger partial charge is 0.161 e. The van der Waals surface area contributed by atoms with Crippen molar-refractivity contribution in [3.05, 3.63) is 53.6 Å². The van der Waals surface area contributed by atoms with Gasteiger partial charge in [0, 0.05) is 30.3 Å². The lowest BCUT2D eigenvalue weighted by atomic mass is 10.1. The van der Waals surface area contributed by atoms with Crippen LogP contribution in [0.2, 0.25) is 0 Å². The normalized spacial score (nSPS) is 12.8. The molecule has 3 nitrogen and oxygen atoms in total. The summed E-state index contributed by atoms with van der Waals surface area (Å²) in [5, 5.41) is 0. The topological polar surface area (TPSA) is 43.8 Å². The number of fused-ring (bicyclic) bond motifs is 1. The molecule has 5 heteroatoms. The summed E-state index contributed by atoms with van der Waals surface area (Å²) in [4.78, 5) is 4.52. The van der Waals surface area contributed by atoms with Crippen molar-refractivity contribution in [3.8, 4) is 11.4 Å². The van der Waals surface area contributed by atoms with Crippen molar-refractivity contribution in [1.82, 2.24) is 9.55 Å². The average molecular weight is 301 g/mol. The zero-order chi connectivity index (χ0) is 15.9. The molecule has 1 aromatic heterocycles. The Kier molecular flexibility index (Phi) is 3.66. The van der Waals surface area contributed by atoms with Crippen molar-refractivity contribution in [2.75, 3.05) is 6.54 Å². The lowest BCUT2D eigenvalue weighted by Crippen LogP contribution is -2.17. The Morgan fingerprint density at radius 3 is 2.55 bits per heavy atom. The highest BCUT2D eigenvalue weighted by molar-refractivity contribution is 5.81. The highest BCUT2D eigenvalue weighted by atomic mass is 19.2. The Morgan fingerprint density at radius 2 is 1.86 bits per heavy atom. The van der Waals surface area contributed by atoms with Gasteiger partial charge < -0.3 is 10.3 Å². The van der Waals surface area contributed by atoms with Crippen molar-refractivity contribution >= 4 is 11.0 Å². The van der Waals surface area contributed by atoms with E-state index in [1.54, 1.807) is 0 Å². The fourth-order valence-corrected chi connectivity index (χ4v) is 2.66. The Morgan fingerprint density at radius 1 is 1.18 bits per heavy atom. The summed E-state index contributed by atoms with van der Waals surface area (Å²) >= 11 is 0. The van der Waals surface area contributed by atoms with Crippen molar-refractivity contribution < 1.29 is 8.78 Å². The van der Waals surface area contributed by atoms with Crippen LogP contribution in [-0.2, 0) is 0 Å². The molecule has 114 valence electrons. The molecule has 0 aliphatic rings. The predicted octanol–water partition coefficient (Wildman–Crippen LogP) is 3.81. The van der Waals surface area contributed by atoms with Crippen molar-refractivity contribution in [1.29, 1.82) is 0 Å². The number of aromatic nitrogens is 2. The number of nitrogens with two attached hydrogens (primary N) is 1. The first-order valence-electron chi connectivity index (χ1n) is 7.16. The Balaban J connectivity index is 2.36. The van der Waals surface area contributed by atoms with E-state index in [0.29, 0.717) is 23.4 Å². The first-order chi connectivity index (χ1) is 10.5. The lowest BCUT2D eigenvalue weighted by molar-refractivity contribution is 0.509. The quantitative estimate of drug-likeness (QED) is 0.799. The Bertz CT molecular complexity index is 839. The molecule has 0 radical (unpaired) electrons. The first-order valence-corrected chi connectivity index (χ1v) is 7.16. The highest BCUT2D eigenvalue weighted by Crippen LogP contribution is 2.31. The van der Waals surface area contributed by atoms with Gasteiger partial charge in [0.25, 0.3) is 0 Å². The molecule has 0 spiro atoms. The molecule has 0 bridgehead atoms. The van der Waals surface area contributed by atoms with Gasteiger partial charge in [0.15, 0.2) is 11.6 Å². The van der Waals surface area contributed by atoms with E-state index in [4.69, 9.17) is 5.73 Å². The third-order valence-electron chi connectivity index (χ3n) is 3.90. The van der Waals surface area contributed by atoms with Gasteiger partial charge in [-0.1, -0.05) is 24.3 Å². The molecular weight excluding hydrogens is 284 g/mol. The number of benzene rings is 2. The molecule has 0 saturated heterocycles. The third-order valence-corrected chi connectivity index (χ3v) is 3.90. The van der Waals surface area contributed by atoms with E-state index in [1.807, 2.05) is 42.7 Å². The number of nitrogens with zero attached hydrogens (tertiary/aromatic N) is 2. The minimum absolute atomic E-state index is 0.0792. The standard InChI is InChI=1S/C17H17F2N3/c1-10-5-3-4-6-12(10)17-21-15-7-13(18)14(19)8-16(15)22(17)11(2)9-20/h3-8,11H,9,20H2,1-2H3. The molecule has 0 saturated carbocycles. The predicted molar refractivity (Wildman–Crippen MR) is 83.6 cm³/mol. The largest absolute Gasteiger partial charge is 0.328 e. The van der Waals surface area contributed by atoms with Crippen LogP contribution in [0.1, 0.15) is 18.5 Å². The van der Waals surface area contributed by atoms with Crippen LogP contribution in [0, 0.1) is 18.6 Å². The number of hydrogen-bond donors (Lipinski definition) is 1. The van der Waals surface area contributed by atoms with Crippen LogP contribution in [0.15, 0.2) is 36.4 Å². The third kappa shape index (κ3) is 2.27. The van der Waals surface area contributed by atoms with Crippen LogP contribution in [-0.4, -0.2) is 16.1 Å². The van der Waals surface area contributed by atoms with Gasteiger partial charge in [0.2, 0.25) is 0 Å².